The zero-order valence-corrected chi connectivity index (χ0v) is 24.9. The van der Waals surface area contributed by atoms with Crippen molar-refractivity contribution in [3.05, 3.63) is 51.7 Å². The summed E-state index contributed by atoms with van der Waals surface area (Å²) in [5.74, 6) is 0.950. The van der Waals surface area contributed by atoms with Gasteiger partial charge in [0, 0.05) is 23.9 Å². The minimum Gasteiger partial charge on any atom is -0.497 e. The van der Waals surface area contributed by atoms with Crippen LogP contribution in [0.4, 0.5) is 0 Å². The maximum atomic E-state index is 13.8. The predicted molar refractivity (Wildman–Crippen MR) is 158 cm³/mol. The van der Waals surface area contributed by atoms with Crippen molar-refractivity contribution in [2.45, 2.75) is 110 Å². The lowest BCUT2D eigenvalue weighted by Gasteiger charge is -2.38. The Labute approximate surface area is 234 Å². The summed E-state index contributed by atoms with van der Waals surface area (Å²) < 4.78 is 5.35. The summed E-state index contributed by atoms with van der Waals surface area (Å²) in [5.41, 5.74) is 2.28. The molecule has 0 aliphatic carbocycles. The molecule has 3 rings (SSSR count). The molecule has 2 unspecified atom stereocenters. The molecule has 1 aliphatic heterocycles. The van der Waals surface area contributed by atoms with Gasteiger partial charge in [-0.1, -0.05) is 77.3 Å². The summed E-state index contributed by atoms with van der Waals surface area (Å²) in [5, 5.41) is 2.12. The second-order valence-corrected chi connectivity index (χ2v) is 11.7. The number of carbonyl (C=O) groups is 2. The van der Waals surface area contributed by atoms with Gasteiger partial charge in [0.15, 0.2) is 0 Å². The van der Waals surface area contributed by atoms with Crippen molar-refractivity contribution in [2.24, 2.45) is 0 Å². The van der Waals surface area contributed by atoms with Crippen LogP contribution in [0.5, 0.6) is 5.75 Å². The van der Waals surface area contributed by atoms with Crippen LogP contribution >= 0.6 is 11.3 Å². The molecule has 2 heterocycles. The SMILES string of the molecule is CCCCCCCCCCCC(=O)N(CC(=O)N1CCc2sccc2C1c1ccc(OC)cc1)C(C)CC. The topological polar surface area (TPSA) is 49.9 Å². The van der Waals surface area contributed by atoms with Crippen LogP contribution in [0, 0.1) is 0 Å². The Balaban J connectivity index is 1.61. The van der Waals surface area contributed by atoms with Gasteiger partial charge in [0.25, 0.3) is 0 Å². The summed E-state index contributed by atoms with van der Waals surface area (Å²) in [6.07, 6.45) is 13.3. The third-order valence-corrected chi connectivity index (χ3v) is 8.96. The van der Waals surface area contributed by atoms with Crippen molar-refractivity contribution >= 4 is 23.2 Å². The molecule has 2 atom stereocenters. The molecule has 0 fully saturated rings. The van der Waals surface area contributed by atoms with E-state index in [0.717, 1.165) is 37.0 Å². The van der Waals surface area contributed by atoms with Gasteiger partial charge < -0.3 is 14.5 Å². The molecule has 2 amide bonds. The smallest absolute Gasteiger partial charge is 0.243 e. The molecule has 38 heavy (non-hydrogen) atoms. The first-order valence-electron chi connectivity index (χ1n) is 14.8. The Morgan fingerprint density at radius 2 is 1.66 bits per heavy atom. The molecule has 0 spiro atoms. The van der Waals surface area contributed by atoms with Crippen LogP contribution < -0.4 is 4.74 Å². The van der Waals surface area contributed by atoms with Gasteiger partial charge in [0.05, 0.1) is 13.2 Å². The molecule has 1 aromatic heterocycles. The average Bonchev–Trinajstić information content (AvgIpc) is 3.43. The fourth-order valence-corrected chi connectivity index (χ4v) is 6.31. The summed E-state index contributed by atoms with van der Waals surface area (Å²) in [4.78, 5) is 32.3. The number of methoxy groups -OCH3 is 1. The molecule has 6 heteroatoms. The van der Waals surface area contributed by atoms with E-state index in [0.29, 0.717) is 13.0 Å². The number of hydrogen-bond donors (Lipinski definition) is 0. The minimum atomic E-state index is -0.130. The highest BCUT2D eigenvalue weighted by atomic mass is 32.1. The largest absolute Gasteiger partial charge is 0.497 e. The van der Waals surface area contributed by atoms with Crippen LogP contribution in [0.15, 0.2) is 35.7 Å². The maximum Gasteiger partial charge on any atom is 0.243 e. The molecule has 5 nitrogen and oxygen atoms in total. The van der Waals surface area contributed by atoms with Gasteiger partial charge in [-0.3, -0.25) is 9.59 Å². The normalized spacial score (nSPS) is 15.7. The molecule has 0 bridgehead atoms. The third-order valence-electron chi connectivity index (χ3n) is 7.96. The molecule has 0 saturated heterocycles. The van der Waals surface area contributed by atoms with Gasteiger partial charge in [-0.05, 0) is 60.9 Å². The number of amides is 2. The first-order valence-corrected chi connectivity index (χ1v) is 15.7. The Kier molecular flexibility index (Phi) is 12.7. The summed E-state index contributed by atoms with van der Waals surface area (Å²) >= 11 is 1.76. The first-order chi connectivity index (χ1) is 18.5. The van der Waals surface area contributed by atoms with Crippen LogP contribution in [-0.2, 0) is 16.0 Å². The lowest BCUT2D eigenvalue weighted by atomic mass is 9.93. The monoisotopic (exact) mass is 540 g/mol. The quantitative estimate of drug-likeness (QED) is 0.204. The Bertz CT molecular complexity index is 987. The number of thiophene rings is 1. The molecular weight excluding hydrogens is 492 g/mol. The molecule has 0 saturated carbocycles. The zero-order valence-electron chi connectivity index (χ0n) is 24.0. The Morgan fingerprint density at radius 3 is 2.29 bits per heavy atom. The van der Waals surface area contributed by atoms with Crippen molar-refractivity contribution < 1.29 is 14.3 Å². The van der Waals surface area contributed by atoms with Crippen LogP contribution in [0.25, 0.3) is 0 Å². The standard InChI is InChI=1S/C32H48N2O3S/c1-5-7-8-9-10-11-12-13-14-15-30(35)34(25(3)6-2)24-31(36)33-22-20-29-28(21-23-38-29)32(33)26-16-18-27(37-4)19-17-26/h16-19,21,23,25,32H,5-15,20,22,24H2,1-4H3. The number of carbonyl (C=O) groups excluding carboxylic acids is 2. The number of rotatable bonds is 16. The Morgan fingerprint density at radius 1 is 1.00 bits per heavy atom. The minimum absolute atomic E-state index is 0.0309. The van der Waals surface area contributed by atoms with Gasteiger partial charge in [-0.25, -0.2) is 0 Å². The van der Waals surface area contributed by atoms with E-state index in [9.17, 15) is 9.59 Å². The van der Waals surface area contributed by atoms with E-state index in [4.69, 9.17) is 4.74 Å². The first kappa shape index (κ1) is 30.2. The van der Waals surface area contributed by atoms with Crippen molar-refractivity contribution in [3.8, 4) is 5.75 Å². The van der Waals surface area contributed by atoms with Crippen molar-refractivity contribution in [2.75, 3.05) is 20.2 Å². The number of hydrogen-bond acceptors (Lipinski definition) is 4. The van der Waals surface area contributed by atoms with Crippen molar-refractivity contribution in [3.63, 3.8) is 0 Å². The third kappa shape index (κ3) is 8.33. The molecule has 210 valence electrons. The van der Waals surface area contributed by atoms with E-state index in [2.05, 4.69) is 44.4 Å². The highest BCUT2D eigenvalue weighted by molar-refractivity contribution is 7.10. The number of fused-ring (bicyclic) bond motifs is 1. The number of ether oxygens (including phenoxy) is 1. The lowest BCUT2D eigenvalue weighted by molar-refractivity contribution is -0.143. The number of unbranched alkanes of at least 4 members (excludes halogenated alkanes) is 8. The van der Waals surface area contributed by atoms with Crippen molar-refractivity contribution in [1.29, 1.82) is 0 Å². The van der Waals surface area contributed by atoms with E-state index in [1.807, 2.05) is 21.9 Å². The van der Waals surface area contributed by atoms with Crippen LogP contribution in [0.1, 0.15) is 113 Å². The fraction of sp³-hybridized carbons (Fsp3) is 0.625. The van der Waals surface area contributed by atoms with E-state index in [1.165, 1.54) is 55.4 Å². The Hall–Kier alpha value is -2.34. The number of nitrogens with zero attached hydrogens (tertiary/aromatic N) is 2. The maximum absolute atomic E-state index is 13.8. The second kappa shape index (κ2) is 15.9. The summed E-state index contributed by atoms with van der Waals surface area (Å²) in [6.45, 7) is 7.22. The molecule has 1 aliphatic rings. The van der Waals surface area contributed by atoms with Crippen LogP contribution in [-0.4, -0.2) is 47.9 Å². The lowest BCUT2D eigenvalue weighted by Crippen LogP contribution is -2.49. The van der Waals surface area contributed by atoms with Gasteiger partial charge in [0.2, 0.25) is 11.8 Å². The van der Waals surface area contributed by atoms with Gasteiger partial charge >= 0.3 is 0 Å². The fourth-order valence-electron chi connectivity index (χ4n) is 5.41. The van der Waals surface area contributed by atoms with Gasteiger partial charge in [-0.15, -0.1) is 11.3 Å². The van der Waals surface area contributed by atoms with E-state index >= 15 is 0 Å². The summed E-state index contributed by atoms with van der Waals surface area (Å²) in [7, 11) is 1.66. The molecule has 2 aromatic rings. The molecule has 1 aromatic carbocycles. The molecule has 0 N–H and O–H groups in total. The molecule has 0 radical (unpaired) electrons. The summed E-state index contributed by atoms with van der Waals surface area (Å²) in [6, 6.07) is 10.1. The van der Waals surface area contributed by atoms with Crippen LogP contribution in [0.2, 0.25) is 0 Å². The highest BCUT2D eigenvalue weighted by Crippen LogP contribution is 2.38. The zero-order chi connectivity index (χ0) is 27.3. The second-order valence-electron chi connectivity index (χ2n) is 10.7. The predicted octanol–water partition coefficient (Wildman–Crippen LogP) is 7.78. The van der Waals surface area contributed by atoms with Crippen LogP contribution in [0.3, 0.4) is 0 Å². The van der Waals surface area contributed by atoms with Gasteiger partial charge in [0.1, 0.15) is 12.3 Å². The average molecular weight is 541 g/mol. The van der Waals surface area contributed by atoms with E-state index in [-0.39, 0.29) is 30.4 Å². The van der Waals surface area contributed by atoms with Gasteiger partial charge in [-0.2, -0.15) is 0 Å². The highest BCUT2D eigenvalue weighted by Gasteiger charge is 2.34. The number of benzene rings is 1. The van der Waals surface area contributed by atoms with E-state index in [1.54, 1.807) is 18.4 Å². The molecular formula is C32H48N2O3S. The van der Waals surface area contributed by atoms with Crippen molar-refractivity contribution in [1.82, 2.24) is 9.80 Å². The van der Waals surface area contributed by atoms with E-state index < -0.39 is 0 Å².